The van der Waals surface area contributed by atoms with Crippen LogP contribution < -0.4 is 5.32 Å². The number of aryl methyl sites for hydroxylation is 1. The van der Waals surface area contributed by atoms with Gasteiger partial charge in [-0.05, 0) is 30.5 Å². The van der Waals surface area contributed by atoms with Crippen LogP contribution in [0.5, 0.6) is 0 Å². The zero-order valence-corrected chi connectivity index (χ0v) is 14.9. The Kier molecular flexibility index (Phi) is 6.01. The van der Waals surface area contributed by atoms with Gasteiger partial charge in [0.1, 0.15) is 10.7 Å². The predicted molar refractivity (Wildman–Crippen MR) is 97.1 cm³/mol. The SMILES string of the molecule is O=S(=O)(c1ccc(NCCCc2ccccc2)nc1)N1CCOCC1. The van der Waals surface area contributed by atoms with Gasteiger partial charge in [0.25, 0.3) is 0 Å². The molecule has 1 aliphatic heterocycles. The number of sulfonamides is 1. The van der Waals surface area contributed by atoms with Crippen molar-refractivity contribution in [2.75, 3.05) is 38.2 Å². The number of anilines is 1. The number of hydrogen-bond donors (Lipinski definition) is 1. The molecule has 1 saturated heterocycles. The summed E-state index contributed by atoms with van der Waals surface area (Å²) in [6, 6.07) is 13.6. The minimum Gasteiger partial charge on any atom is -0.379 e. The molecular formula is C18H23N3O3S. The third-order valence-electron chi connectivity index (χ3n) is 4.14. The van der Waals surface area contributed by atoms with Gasteiger partial charge < -0.3 is 10.1 Å². The van der Waals surface area contributed by atoms with Gasteiger partial charge in [-0.3, -0.25) is 0 Å². The number of benzene rings is 1. The van der Waals surface area contributed by atoms with E-state index in [0.717, 1.165) is 19.4 Å². The topological polar surface area (TPSA) is 71.5 Å². The average molecular weight is 361 g/mol. The van der Waals surface area contributed by atoms with Crippen molar-refractivity contribution in [1.29, 1.82) is 0 Å². The molecular weight excluding hydrogens is 338 g/mol. The van der Waals surface area contributed by atoms with Crippen molar-refractivity contribution in [3.05, 3.63) is 54.2 Å². The summed E-state index contributed by atoms with van der Waals surface area (Å²) in [7, 11) is -3.48. The molecule has 2 aromatic rings. The molecule has 0 amide bonds. The van der Waals surface area contributed by atoms with Crippen molar-refractivity contribution >= 4 is 15.8 Å². The van der Waals surface area contributed by atoms with Crippen LogP contribution in [0.2, 0.25) is 0 Å². The molecule has 0 saturated carbocycles. The summed E-state index contributed by atoms with van der Waals surface area (Å²) in [5.41, 5.74) is 1.31. The number of nitrogens with zero attached hydrogens (tertiary/aromatic N) is 2. The van der Waals surface area contributed by atoms with Gasteiger partial charge in [-0.25, -0.2) is 13.4 Å². The van der Waals surface area contributed by atoms with Crippen molar-refractivity contribution in [3.8, 4) is 0 Å². The minimum atomic E-state index is -3.48. The van der Waals surface area contributed by atoms with E-state index < -0.39 is 10.0 Å². The van der Waals surface area contributed by atoms with E-state index in [9.17, 15) is 8.42 Å². The number of aromatic nitrogens is 1. The summed E-state index contributed by atoms with van der Waals surface area (Å²) in [5, 5.41) is 3.23. The number of ether oxygens (including phenoxy) is 1. The van der Waals surface area contributed by atoms with E-state index in [2.05, 4.69) is 22.4 Å². The van der Waals surface area contributed by atoms with Gasteiger partial charge in [0.05, 0.1) is 13.2 Å². The molecule has 1 aromatic carbocycles. The van der Waals surface area contributed by atoms with Gasteiger partial charge in [-0.1, -0.05) is 30.3 Å². The summed E-state index contributed by atoms with van der Waals surface area (Å²) in [5.74, 6) is 0.689. The second kappa shape index (κ2) is 8.42. The lowest BCUT2D eigenvalue weighted by Gasteiger charge is -2.25. The van der Waals surface area contributed by atoms with Crippen LogP contribution >= 0.6 is 0 Å². The summed E-state index contributed by atoms with van der Waals surface area (Å²) in [4.78, 5) is 4.46. The molecule has 2 heterocycles. The average Bonchev–Trinajstić information content (AvgIpc) is 2.67. The molecule has 3 rings (SSSR count). The number of morpholine rings is 1. The lowest BCUT2D eigenvalue weighted by atomic mass is 10.1. The summed E-state index contributed by atoms with van der Waals surface area (Å²) >= 11 is 0. The molecule has 0 bridgehead atoms. The molecule has 134 valence electrons. The molecule has 0 spiro atoms. The molecule has 25 heavy (non-hydrogen) atoms. The Hall–Kier alpha value is -1.96. The molecule has 0 aliphatic carbocycles. The third kappa shape index (κ3) is 4.78. The fourth-order valence-corrected chi connectivity index (χ4v) is 4.08. The molecule has 1 aliphatic rings. The van der Waals surface area contributed by atoms with Crippen LogP contribution in [0.3, 0.4) is 0 Å². The normalized spacial score (nSPS) is 15.8. The fourth-order valence-electron chi connectivity index (χ4n) is 2.73. The van der Waals surface area contributed by atoms with Crippen LogP contribution in [0.25, 0.3) is 0 Å². The standard InChI is InChI=1S/C18H23N3O3S/c22-25(23,21-11-13-24-14-12-21)17-8-9-18(20-15-17)19-10-4-7-16-5-2-1-3-6-16/h1-3,5-6,8-9,15H,4,7,10-14H2,(H,19,20). The Balaban J connectivity index is 1.51. The molecule has 1 N–H and O–H groups in total. The highest BCUT2D eigenvalue weighted by Crippen LogP contribution is 2.17. The van der Waals surface area contributed by atoms with Crippen LogP contribution in [0.1, 0.15) is 12.0 Å². The molecule has 0 unspecified atom stereocenters. The second-order valence-electron chi connectivity index (χ2n) is 5.91. The molecule has 0 radical (unpaired) electrons. The van der Waals surface area contributed by atoms with Crippen LogP contribution in [0.4, 0.5) is 5.82 Å². The third-order valence-corrected chi connectivity index (χ3v) is 6.02. The van der Waals surface area contributed by atoms with Gasteiger partial charge in [-0.2, -0.15) is 4.31 Å². The smallest absolute Gasteiger partial charge is 0.244 e. The Morgan fingerprint density at radius 1 is 1.08 bits per heavy atom. The van der Waals surface area contributed by atoms with Crippen LogP contribution in [0.15, 0.2) is 53.6 Å². The van der Waals surface area contributed by atoms with Gasteiger partial charge in [-0.15, -0.1) is 0 Å². The van der Waals surface area contributed by atoms with Crippen molar-refractivity contribution in [1.82, 2.24) is 9.29 Å². The lowest BCUT2D eigenvalue weighted by molar-refractivity contribution is 0.0730. The Morgan fingerprint density at radius 2 is 1.84 bits per heavy atom. The monoisotopic (exact) mass is 361 g/mol. The molecule has 6 nitrogen and oxygen atoms in total. The van der Waals surface area contributed by atoms with Crippen molar-refractivity contribution in [2.45, 2.75) is 17.7 Å². The molecule has 1 fully saturated rings. The van der Waals surface area contributed by atoms with Crippen LogP contribution in [-0.4, -0.2) is 50.6 Å². The van der Waals surface area contributed by atoms with E-state index >= 15 is 0 Å². The van der Waals surface area contributed by atoms with E-state index in [-0.39, 0.29) is 4.90 Å². The Bertz CT molecular complexity index is 758. The summed E-state index contributed by atoms with van der Waals surface area (Å²) in [6.07, 6.45) is 3.40. The summed E-state index contributed by atoms with van der Waals surface area (Å²) in [6.45, 7) is 2.45. The zero-order chi connectivity index (χ0) is 17.5. The van der Waals surface area contributed by atoms with Crippen LogP contribution in [0, 0.1) is 0 Å². The van der Waals surface area contributed by atoms with E-state index in [4.69, 9.17) is 4.74 Å². The maximum atomic E-state index is 12.5. The number of nitrogens with one attached hydrogen (secondary N) is 1. The molecule has 7 heteroatoms. The maximum Gasteiger partial charge on any atom is 0.244 e. The highest BCUT2D eigenvalue weighted by Gasteiger charge is 2.26. The van der Waals surface area contributed by atoms with Gasteiger partial charge in [0, 0.05) is 25.8 Å². The quantitative estimate of drug-likeness (QED) is 0.765. The highest BCUT2D eigenvalue weighted by molar-refractivity contribution is 7.89. The highest BCUT2D eigenvalue weighted by atomic mass is 32.2. The van der Waals surface area contributed by atoms with E-state index in [1.807, 2.05) is 18.2 Å². The number of hydrogen-bond acceptors (Lipinski definition) is 5. The van der Waals surface area contributed by atoms with E-state index in [1.165, 1.54) is 16.1 Å². The van der Waals surface area contributed by atoms with Crippen molar-refractivity contribution in [2.24, 2.45) is 0 Å². The number of rotatable bonds is 7. The lowest BCUT2D eigenvalue weighted by Crippen LogP contribution is -2.40. The van der Waals surface area contributed by atoms with Gasteiger partial charge in [0.2, 0.25) is 10.0 Å². The van der Waals surface area contributed by atoms with Crippen LogP contribution in [-0.2, 0) is 21.2 Å². The first-order valence-corrected chi connectivity index (χ1v) is 9.92. The minimum absolute atomic E-state index is 0.226. The maximum absolute atomic E-state index is 12.5. The Labute approximate surface area is 148 Å². The Morgan fingerprint density at radius 3 is 2.52 bits per heavy atom. The predicted octanol–water partition coefficient (Wildman–Crippen LogP) is 2.15. The zero-order valence-electron chi connectivity index (χ0n) is 14.1. The first kappa shape index (κ1) is 17.8. The van der Waals surface area contributed by atoms with Gasteiger partial charge in [0.15, 0.2) is 0 Å². The second-order valence-corrected chi connectivity index (χ2v) is 7.85. The largest absolute Gasteiger partial charge is 0.379 e. The van der Waals surface area contributed by atoms with Gasteiger partial charge >= 0.3 is 0 Å². The van der Waals surface area contributed by atoms with E-state index in [1.54, 1.807) is 12.1 Å². The van der Waals surface area contributed by atoms with Crippen molar-refractivity contribution < 1.29 is 13.2 Å². The molecule has 0 atom stereocenters. The summed E-state index contributed by atoms with van der Waals surface area (Å²) < 4.78 is 31.7. The number of pyridine rings is 1. The fraction of sp³-hybridized carbons (Fsp3) is 0.389. The van der Waals surface area contributed by atoms with E-state index in [0.29, 0.717) is 32.1 Å². The van der Waals surface area contributed by atoms with Crippen molar-refractivity contribution in [3.63, 3.8) is 0 Å². The molecule has 1 aromatic heterocycles. The first-order chi connectivity index (χ1) is 12.2. The first-order valence-electron chi connectivity index (χ1n) is 8.48.